The van der Waals surface area contributed by atoms with Gasteiger partial charge in [0.15, 0.2) is 0 Å². The summed E-state index contributed by atoms with van der Waals surface area (Å²) in [7, 11) is 0. The second-order valence-electron chi connectivity index (χ2n) is 5.36. The summed E-state index contributed by atoms with van der Waals surface area (Å²) >= 11 is 3.64. The Morgan fingerprint density at radius 2 is 2.33 bits per heavy atom. The molecule has 0 spiro atoms. The Kier molecular flexibility index (Phi) is 3.57. The fourth-order valence-corrected chi connectivity index (χ4v) is 3.75. The van der Waals surface area contributed by atoms with Crippen LogP contribution < -0.4 is 4.90 Å². The molecule has 1 aromatic rings. The van der Waals surface area contributed by atoms with Crippen molar-refractivity contribution in [2.24, 2.45) is 5.92 Å². The largest absolute Gasteiger partial charge is 0.378 e. The zero-order valence-corrected chi connectivity index (χ0v) is 12.3. The highest BCUT2D eigenvalue weighted by atomic mass is 79.9. The molecule has 2 saturated heterocycles. The molecule has 3 rings (SSSR count). The molecule has 2 atom stereocenters. The zero-order chi connectivity index (χ0) is 12.5. The molecule has 2 aliphatic rings. The van der Waals surface area contributed by atoms with E-state index in [1.54, 1.807) is 0 Å². The van der Waals surface area contributed by atoms with Gasteiger partial charge in [-0.2, -0.15) is 0 Å². The number of fused-ring (bicyclic) bond motifs is 1. The van der Waals surface area contributed by atoms with Crippen LogP contribution in [-0.2, 0) is 4.74 Å². The van der Waals surface area contributed by atoms with Gasteiger partial charge in [0, 0.05) is 31.8 Å². The minimum atomic E-state index is 0.485. The van der Waals surface area contributed by atoms with Crippen LogP contribution in [0.1, 0.15) is 24.8 Å². The molecule has 2 fully saturated rings. The van der Waals surface area contributed by atoms with E-state index >= 15 is 0 Å². The van der Waals surface area contributed by atoms with E-state index in [0.717, 1.165) is 36.4 Å². The lowest BCUT2D eigenvalue weighted by atomic mass is 9.88. The summed E-state index contributed by atoms with van der Waals surface area (Å²) in [6.45, 7) is 5.16. The van der Waals surface area contributed by atoms with Crippen molar-refractivity contribution in [1.29, 1.82) is 0 Å². The molecule has 1 aromatic heterocycles. The van der Waals surface area contributed by atoms with Crippen molar-refractivity contribution >= 4 is 21.7 Å². The molecule has 18 heavy (non-hydrogen) atoms. The Morgan fingerprint density at radius 1 is 1.44 bits per heavy atom. The topological polar surface area (TPSA) is 25.4 Å². The predicted molar refractivity (Wildman–Crippen MR) is 76.0 cm³/mol. The summed E-state index contributed by atoms with van der Waals surface area (Å²) in [4.78, 5) is 6.98. The van der Waals surface area contributed by atoms with Crippen LogP contribution in [0.4, 0.5) is 5.82 Å². The summed E-state index contributed by atoms with van der Waals surface area (Å²) in [5, 5.41) is 0. The molecule has 0 saturated carbocycles. The number of rotatable bonds is 1. The number of anilines is 1. The van der Waals surface area contributed by atoms with Crippen LogP contribution in [0.3, 0.4) is 0 Å². The average molecular weight is 311 g/mol. The third kappa shape index (κ3) is 2.41. The molecule has 0 aromatic carbocycles. The number of halogens is 1. The van der Waals surface area contributed by atoms with Gasteiger partial charge in [-0.1, -0.05) is 0 Å². The summed E-state index contributed by atoms with van der Waals surface area (Å²) in [6.07, 6.45) is 6.07. The van der Waals surface area contributed by atoms with E-state index in [1.165, 1.54) is 18.4 Å². The molecule has 0 unspecified atom stereocenters. The lowest BCUT2D eigenvalue weighted by Crippen LogP contribution is -2.46. The van der Waals surface area contributed by atoms with Crippen LogP contribution in [0.2, 0.25) is 0 Å². The number of piperidine rings is 1. The average Bonchev–Trinajstić information content (AvgIpc) is 2.38. The highest BCUT2D eigenvalue weighted by Crippen LogP contribution is 2.33. The van der Waals surface area contributed by atoms with Gasteiger partial charge in [-0.25, -0.2) is 4.98 Å². The van der Waals surface area contributed by atoms with Gasteiger partial charge in [0.05, 0.1) is 10.6 Å². The first kappa shape index (κ1) is 12.4. The van der Waals surface area contributed by atoms with E-state index in [9.17, 15) is 0 Å². The maximum absolute atomic E-state index is 5.86. The summed E-state index contributed by atoms with van der Waals surface area (Å²) < 4.78 is 6.97. The maximum Gasteiger partial charge on any atom is 0.142 e. The van der Waals surface area contributed by atoms with Crippen molar-refractivity contribution in [3.63, 3.8) is 0 Å². The van der Waals surface area contributed by atoms with Crippen LogP contribution >= 0.6 is 15.9 Å². The zero-order valence-electron chi connectivity index (χ0n) is 10.7. The van der Waals surface area contributed by atoms with Gasteiger partial charge < -0.3 is 9.64 Å². The van der Waals surface area contributed by atoms with Gasteiger partial charge >= 0.3 is 0 Å². The minimum Gasteiger partial charge on any atom is -0.378 e. The third-order valence-electron chi connectivity index (χ3n) is 3.97. The standard InChI is InChI=1S/C14H19BrN2O/c1-10-7-12(15)14(16-8-10)17-5-4-13-11(9-17)3-2-6-18-13/h7-8,11,13H,2-6,9H2,1H3/t11-,13+/m0/s1. The number of pyridine rings is 1. The fraction of sp³-hybridized carbons (Fsp3) is 0.643. The number of hydrogen-bond donors (Lipinski definition) is 0. The first-order chi connectivity index (χ1) is 8.74. The van der Waals surface area contributed by atoms with Crippen molar-refractivity contribution < 1.29 is 4.74 Å². The van der Waals surface area contributed by atoms with Crippen molar-refractivity contribution in [1.82, 2.24) is 4.98 Å². The molecule has 0 N–H and O–H groups in total. The van der Waals surface area contributed by atoms with E-state index < -0.39 is 0 Å². The Hall–Kier alpha value is -0.610. The van der Waals surface area contributed by atoms with E-state index in [4.69, 9.17) is 4.74 Å². The first-order valence-corrected chi connectivity index (χ1v) is 7.52. The van der Waals surface area contributed by atoms with Gasteiger partial charge in [0.1, 0.15) is 5.82 Å². The molecule has 4 heteroatoms. The highest BCUT2D eigenvalue weighted by molar-refractivity contribution is 9.10. The fourth-order valence-electron chi connectivity index (χ4n) is 3.04. The van der Waals surface area contributed by atoms with Gasteiger partial charge in [-0.05, 0) is 53.7 Å². The lowest BCUT2D eigenvalue weighted by Gasteiger charge is -2.41. The van der Waals surface area contributed by atoms with Crippen LogP contribution in [0.5, 0.6) is 0 Å². The number of aromatic nitrogens is 1. The smallest absolute Gasteiger partial charge is 0.142 e. The highest BCUT2D eigenvalue weighted by Gasteiger charge is 2.32. The molecule has 2 aliphatic heterocycles. The Labute approximate surface area is 117 Å². The lowest BCUT2D eigenvalue weighted by molar-refractivity contribution is -0.0358. The molecule has 0 amide bonds. The SMILES string of the molecule is Cc1cnc(N2CC[C@H]3OCCC[C@H]3C2)c(Br)c1. The van der Waals surface area contributed by atoms with Crippen LogP contribution in [0.25, 0.3) is 0 Å². The molecule has 3 heterocycles. The Bertz CT molecular complexity index is 438. The van der Waals surface area contributed by atoms with Crippen molar-refractivity contribution in [3.8, 4) is 0 Å². The van der Waals surface area contributed by atoms with Gasteiger partial charge in [-0.15, -0.1) is 0 Å². The third-order valence-corrected chi connectivity index (χ3v) is 4.56. The van der Waals surface area contributed by atoms with E-state index in [-0.39, 0.29) is 0 Å². The molecule has 0 radical (unpaired) electrons. The van der Waals surface area contributed by atoms with Gasteiger partial charge in [-0.3, -0.25) is 0 Å². The molecule has 3 nitrogen and oxygen atoms in total. The van der Waals surface area contributed by atoms with Crippen LogP contribution in [-0.4, -0.2) is 30.8 Å². The first-order valence-electron chi connectivity index (χ1n) is 6.73. The summed E-state index contributed by atoms with van der Waals surface area (Å²) in [6, 6.07) is 2.14. The quantitative estimate of drug-likeness (QED) is 0.796. The van der Waals surface area contributed by atoms with Crippen molar-refractivity contribution in [3.05, 3.63) is 22.3 Å². The van der Waals surface area contributed by atoms with E-state index in [0.29, 0.717) is 12.0 Å². The molecular weight excluding hydrogens is 292 g/mol. The predicted octanol–water partition coefficient (Wildman–Crippen LogP) is 3.16. The molecule has 0 bridgehead atoms. The number of nitrogens with zero attached hydrogens (tertiary/aromatic N) is 2. The van der Waals surface area contributed by atoms with Gasteiger partial charge in [0.25, 0.3) is 0 Å². The van der Waals surface area contributed by atoms with Crippen LogP contribution in [0.15, 0.2) is 16.7 Å². The number of aryl methyl sites for hydroxylation is 1. The van der Waals surface area contributed by atoms with Crippen LogP contribution in [0, 0.1) is 12.8 Å². The summed E-state index contributed by atoms with van der Waals surface area (Å²) in [5.41, 5.74) is 1.20. The maximum atomic E-state index is 5.86. The molecule has 98 valence electrons. The monoisotopic (exact) mass is 310 g/mol. The van der Waals surface area contributed by atoms with Crippen molar-refractivity contribution in [2.75, 3.05) is 24.6 Å². The number of ether oxygens (including phenoxy) is 1. The van der Waals surface area contributed by atoms with E-state index in [1.807, 2.05) is 6.20 Å². The Balaban J connectivity index is 1.77. The number of hydrogen-bond acceptors (Lipinski definition) is 3. The Morgan fingerprint density at radius 3 is 3.17 bits per heavy atom. The normalized spacial score (nSPS) is 28.0. The minimum absolute atomic E-state index is 0.485. The second-order valence-corrected chi connectivity index (χ2v) is 6.22. The van der Waals surface area contributed by atoms with Crippen molar-refractivity contribution in [2.45, 2.75) is 32.3 Å². The summed E-state index contributed by atoms with van der Waals surface area (Å²) in [5.74, 6) is 1.77. The van der Waals surface area contributed by atoms with Gasteiger partial charge in [0.2, 0.25) is 0 Å². The molecule has 0 aliphatic carbocycles. The van der Waals surface area contributed by atoms with E-state index in [2.05, 4.69) is 38.8 Å². The molecular formula is C14H19BrN2O. The second kappa shape index (κ2) is 5.17.